The molecule has 0 bridgehead atoms. The van der Waals surface area contributed by atoms with Gasteiger partial charge in [0.2, 0.25) is 0 Å². The molecule has 1 aliphatic carbocycles. The standard InChI is InChI=1S/C10H20N2S/c11-4-3-10-8-13-6-5-12(10)7-9-1-2-9/h9-10H,1-8,11H2. The maximum atomic E-state index is 5.63. The molecule has 2 nitrogen and oxygen atoms in total. The molecule has 1 aliphatic heterocycles. The summed E-state index contributed by atoms with van der Waals surface area (Å²) in [5.41, 5.74) is 5.63. The van der Waals surface area contributed by atoms with Crippen molar-refractivity contribution in [3.63, 3.8) is 0 Å². The molecule has 1 saturated heterocycles. The predicted molar refractivity (Wildman–Crippen MR) is 59.1 cm³/mol. The normalized spacial score (nSPS) is 30.7. The summed E-state index contributed by atoms with van der Waals surface area (Å²) in [4.78, 5) is 2.68. The van der Waals surface area contributed by atoms with Crippen molar-refractivity contribution >= 4 is 11.8 Å². The summed E-state index contributed by atoms with van der Waals surface area (Å²) in [7, 11) is 0. The second-order valence-corrected chi connectivity index (χ2v) is 5.39. The Morgan fingerprint density at radius 3 is 2.92 bits per heavy atom. The number of rotatable bonds is 4. The SMILES string of the molecule is NCCC1CSCCN1CC1CC1. The van der Waals surface area contributed by atoms with Crippen LogP contribution in [-0.2, 0) is 0 Å². The molecule has 0 aromatic carbocycles. The molecular weight excluding hydrogens is 180 g/mol. The highest BCUT2D eigenvalue weighted by molar-refractivity contribution is 7.99. The number of hydrogen-bond acceptors (Lipinski definition) is 3. The summed E-state index contributed by atoms with van der Waals surface area (Å²) >= 11 is 2.10. The second-order valence-electron chi connectivity index (χ2n) is 4.24. The average Bonchev–Trinajstić information content (AvgIpc) is 2.93. The molecule has 3 heteroatoms. The van der Waals surface area contributed by atoms with E-state index in [1.165, 1.54) is 43.9 Å². The first-order chi connectivity index (χ1) is 6.40. The maximum absolute atomic E-state index is 5.63. The molecule has 2 fully saturated rings. The molecule has 0 radical (unpaired) electrons. The summed E-state index contributed by atoms with van der Waals surface area (Å²) in [6.07, 6.45) is 4.14. The van der Waals surface area contributed by atoms with E-state index >= 15 is 0 Å². The van der Waals surface area contributed by atoms with Crippen LogP contribution in [0.1, 0.15) is 19.3 Å². The molecule has 1 heterocycles. The maximum Gasteiger partial charge on any atom is 0.0198 e. The van der Waals surface area contributed by atoms with E-state index in [1.54, 1.807) is 0 Å². The van der Waals surface area contributed by atoms with E-state index in [-0.39, 0.29) is 0 Å². The predicted octanol–water partition coefficient (Wildman–Crippen LogP) is 1.16. The monoisotopic (exact) mass is 200 g/mol. The van der Waals surface area contributed by atoms with Gasteiger partial charge in [0.1, 0.15) is 0 Å². The Bertz CT molecular complexity index is 157. The molecule has 2 aliphatic rings. The molecule has 76 valence electrons. The lowest BCUT2D eigenvalue weighted by molar-refractivity contribution is 0.202. The minimum absolute atomic E-state index is 0.782. The minimum atomic E-state index is 0.782. The molecule has 1 unspecified atom stereocenters. The molecule has 0 aromatic rings. The molecule has 1 saturated carbocycles. The smallest absolute Gasteiger partial charge is 0.0198 e. The molecule has 1 atom stereocenters. The van der Waals surface area contributed by atoms with Crippen molar-refractivity contribution in [3.05, 3.63) is 0 Å². The third-order valence-electron chi connectivity index (χ3n) is 3.04. The van der Waals surface area contributed by atoms with E-state index in [2.05, 4.69) is 16.7 Å². The average molecular weight is 200 g/mol. The van der Waals surface area contributed by atoms with Crippen LogP contribution in [0.15, 0.2) is 0 Å². The van der Waals surface area contributed by atoms with Gasteiger partial charge in [-0.1, -0.05) is 0 Å². The van der Waals surface area contributed by atoms with Crippen LogP contribution in [0.5, 0.6) is 0 Å². The Balaban J connectivity index is 1.79. The van der Waals surface area contributed by atoms with Crippen molar-refractivity contribution in [1.29, 1.82) is 0 Å². The van der Waals surface area contributed by atoms with Crippen LogP contribution in [0, 0.1) is 5.92 Å². The van der Waals surface area contributed by atoms with Gasteiger partial charge in [0.25, 0.3) is 0 Å². The van der Waals surface area contributed by atoms with E-state index in [0.717, 1.165) is 18.5 Å². The van der Waals surface area contributed by atoms with Gasteiger partial charge in [-0.15, -0.1) is 0 Å². The van der Waals surface area contributed by atoms with E-state index in [0.29, 0.717) is 0 Å². The molecule has 13 heavy (non-hydrogen) atoms. The largest absolute Gasteiger partial charge is 0.330 e. The van der Waals surface area contributed by atoms with Gasteiger partial charge >= 0.3 is 0 Å². The first kappa shape index (κ1) is 9.81. The molecule has 2 N–H and O–H groups in total. The van der Waals surface area contributed by atoms with Crippen LogP contribution < -0.4 is 5.73 Å². The minimum Gasteiger partial charge on any atom is -0.330 e. The third-order valence-corrected chi connectivity index (χ3v) is 4.13. The van der Waals surface area contributed by atoms with Crippen LogP contribution >= 0.6 is 11.8 Å². The fourth-order valence-electron chi connectivity index (χ4n) is 2.02. The van der Waals surface area contributed by atoms with E-state index in [1.807, 2.05) is 0 Å². The fraction of sp³-hybridized carbons (Fsp3) is 1.00. The van der Waals surface area contributed by atoms with Crippen molar-refractivity contribution < 1.29 is 0 Å². The summed E-state index contributed by atoms with van der Waals surface area (Å²) < 4.78 is 0. The van der Waals surface area contributed by atoms with Crippen LogP contribution in [0.4, 0.5) is 0 Å². The lowest BCUT2D eigenvalue weighted by Crippen LogP contribution is -2.44. The molecule has 0 amide bonds. The fourth-order valence-corrected chi connectivity index (χ4v) is 3.20. The van der Waals surface area contributed by atoms with Gasteiger partial charge in [-0.3, -0.25) is 4.90 Å². The molecular formula is C10H20N2S. The number of thioether (sulfide) groups is 1. The Hall–Kier alpha value is 0.270. The zero-order chi connectivity index (χ0) is 9.10. The van der Waals surface area contributed by atoms with Crippen molar-refractivity contribution in [2.75, 3.05) is 31.1 Å². The third kappa shape index (κ3) is 2.86. The van der Waals surface area contributed by atoms with Gasteiger partial charge < -0.3 is 5.73 Å². The Labute approximate surface area is 85.2 Å². The highest BCUT2D eigenvalue weighted by Crippen LogP contribution is 2.32. The topological polar surface area (TPSA) is 29.3 Å². The lowest BCUT2D eigenvalue weighted by atomic mass is 10.2. The highest BCUT2D eigenvalue weighted by Gasteiger charge is 2.29. The summed E-state index contributed by atoms with van der Waals surface area (Å²) in [5, 5.41) is 0. The van der Waals surface area contributed by atoms with Crippen molar-refractivity contribution in [1.82, 2.24) is 4.90 Å². The first-order valence-electron chi connectivity index (χ1n) is 5.42. The van der Waals surface area contributed by atoms with Crippen molar-refractivity contribution in [2.24, 2.45) is 11.7 Å². The van der Waals surface area contributed by atoms with Crippen LogP contribution in [0.3, 0.4) is 0 Å². The van der Waals surface area contributed by atoms with E-state index in [9.17, 15) is 0 Å². The van der Waals surface area contributed by atoms with Crippen molar-refractivity contribution in [3.8, 4) is 0 Å². The van der Waals surface area contributed by atoms with Gasteiger partial charge in [0.15, 0.2) is 0 Å². The van der Waals surface area contributed by atoms with E-state index < -0.39 is 0 Å². The second kappa shape index (κ2) is 4.67. The zero-order valence-corrected chi connectivity index (χ0v) is 9.06. The van der Waals surface area contributed by atoms with Gasteiger partial charge in [-0.25, -0.2) is 0 Å². The summed E-state index contributed by atoms with van der Waals surface area (Å²) in [6, 6.07) is 0.782. The van der Waals surface area contributed by atoms with Crippen LogP contribution in [-0.4, -0.2) is 42.1 Å². The van der Waals surface area contributed by atoms with Gasteiger partial charge in [0, 0.05) is 30.6 Å². The summed E-state index contributed by atoms with van der Waals surface area (Å²) in [5.74, 6) is 3.67. The van der Waals surface area contributed by atoms with E-state index in [4.69, 9.17) is 5.73 Å². The van der Waals surface area contributed by atoms with Gasteiger partial charge in [-0.2, -0.15) is 11.8 Å². The van der Waals surface area contributed by atoms with Crippen LogP contribution in [0.2, 0.25) is 0 Å². The van der Waals surface area contributed by atoms with Gasteiger partial charge in [-0.05, 0) is 31.7 Å². The lowest BCUT2D eigenvalue weighted by Gasteiger charge is -2.35. The first-order valence-corrected chi connectivity index (χ1v) is 6.57. The molecule has 2 rings (SSSR count). The summed E-state index contributed by atoms with van der Waals surface area (Å²) in [6.45, 7) is 3.50. The number of nitrogens with two attached hydrogens (primary N) is 1. The molecule has 0 spiro atoms. The number of hydrogen-bond donors (Lipinski definition) is 1. The molecule has 0 aromatic heterocycles. The zero-order valence-electron chi connectivity index (χ0n) is 8.24. The van der Waals surface area contributed by atoms with Gasteiger partial charge in [0.05, 0.1) is 0 Å². The van der Waals surface area contributed by atoms with Crippen LogP contribution in [0.25, 0.3) is 0 Å². The Morgan fingerprint density at radius 1 is 1.38 bits per heavy atom. The Kier molecular flexibility index (Phi) is 3.52. The number of nitrogens with zero attached hydrogens (tertiary/aromatic N) is 1. The Morgan fingerprint density at radius 2 is 2.23 bits per heavy atom. The quantitative estimate of drug-likeness (QED) is 0.738. The highest BCUT2D eigenvalue weighted by atomic mass is 32.2. The van der Waals surface area contributed by atoms with Crippen molar-refractivity contribution in [2.45, 2.75) is 25.3 Å².